The number of fused-ring (bicyclic) bond motifs is 1. The molecule has 0 aliphatic carbocycles. The van der Waals surface area contributed by atoms with Gasteiger partial charge in [0.15, 0.2) is 0 Å². The third kappa shape index (κ3) is 3.08. The topological polar surface area (TPSA) is 59.8 Å². The molecule has 0 unspecified atom stereocenters. The SMILES string of the molecule is O=C(NCCCn1ncc2ccccc21)c1cccnc1. The van der Waals surface area contributed by atoms with Gasteiger partial charge in [-0.15, -0.1) is 0 Å². The minimum absolute atomic E-state index is 0.0894. The highest BCUT2D eigenvalue weighted by Crippen LogP contribution is 2.12. The van der Waals surface area contributed by atoms with Crippen LogP contribution in [0.25, 0.3) is 10.9 Å². The van der Waals surface area contributed by atoms with E-state index in [9.17, 15) is 4.79 Å². The molecule has 0 atom stereocenters. The minimum atomic E-state index is -0.0894. The predicted molar refractivity (Wildman–Crippen MR) is 80.9 cm³/mol. The first-order valence-corrected chi connectivity index (χ1v) is 6.93. The van der Waals surface area contributed by atoms with Crippen LogP contribution in [0, 0.1) is 0 Å². The molecule has 106 valence electrons. The average molecular weight is 280 g/mol. The number of carbonyl (C=O) groups is 1. The normalized spacial score (nSPS) is 10.7. The number of nitrogens with one attached hydrogen (secondary N) is 1. The molecule has 1 amide bonds. The van der Waals surface area contributed by atoms with Crippen LogP contribution in [-0.2, 0) is 6.54 Å². The van der Waals surface area contributed by atoms with Gasteiger partial charge in [0.2, 0.25) is 0 Å². The summed E-state index contributed by atoms with van der Waals surface area (Å²) in [4.78, 5) is 15.8. The predicted octanol–water partition coefficient (Wildman–Crippen LogP) is 2.25. The zero-order valence-electron chi connectivity index (χ0n) is 11.6. The van der Waals surface area contributed by atoms with Gasteiger partial charge < -0.3 is 5.32 Å². The van der Waals surface area contributed by atoms with Crippen LogP contribution in [0.5, 0.6) is 0 Å². The van der Waals surface area contributed by atoms with Gasteiger partial charge in [0.1, 0.15) is 0 Å². The molecule has 0 bridgehead atoms. The number of pyridine rings is 1. The number of aryl methyl sites for hydroxylation is 1. The summed E-state index contributed by atoms with van der Waals surface area (Å²) in [6, 6.07) is 11.6. The van der Waals surface area contributed by atoms with E-state index in [0.717, 1.165) is 23.9 Å². The van der Waals surface area contributed by atoms with E-state index in [2.05, 4.69) is 21.5 Å². The van der Waals surface area contributed by atoms with Crippen molar-refractivity contribution in [3.8, 4) is 0 Å². The number of hydrogen-bond donors (Lipinski definition) is 1. The molecule has 21 heavy (non-hydrogen) atoms. The Morgan fingerprint density at radius 2 is 2.05 bits per heavy atom. The molecule has 0 saturated heterocycles. The van der Waals surface area contributed by atoms with Crippen molar-refractivity contribution in [3.05, 3.63) is 60.6 Å². The van der Waals surface area contributed by atoms with Gasteiger partial charge in [0.05, 0.1) is 17.3 Å². The van der Waals surface area contributed by atoms with E-state index in [4.69, 9.17) is 0 Å². The molecule has 1 aromatic carbocycles. The first-order chi connectivity index (χ1) is 10.3. The Hall–Kier alpha value is -2.69. The van der Waals surface area contributed by atoms with Gasteiger partial charge in [-0.05, 0) is 24.6 Å². The Balaban J connectivity index is 1.52. The summed E-state index contributed by atoms with van der Waals surface area (Å²) in [5.74, 6) is -0.0894. The van der Waals surface area contributed by atoms with Crippen LogP contribution in [0.3, 0.4) is 0 Å². The van der Waals surface area contributed by atoms with Gasteiger partial charge in [-0.3, -0.25) is 14.5 Å². The van der Waals surface area contributed by atoms with E-state index >= 15 is 0 Å². The number of amides is 1. The molecule has 2 heterocycles. The van der Waals surface area contributed by atoms with Crippen LogP contribution in [0.4, 0.5) is 0 Å². The fraction of sp³-hybridized carbons (Fsp3) is 0.188. The lowest BCUT2D eigenvalue weighted by Gasteiger charge is -2.06. The zero-order chi connectivity index (χ0) is 14.5. The monoisotopic (exact) mass is 280 g/mol. The van der Waals surface area contributed by atoms with Crippen molar-refractivity contribution < 1.29 is 4.79 Å². The third-order valence-electron chi connectivity index (χ3n) is 3.31. The van der Waals surface area contributed by atoms with Crippen LogP contribution in [-0.4, -0.2) is 27.2 Å². The molecule has 0 radical (unpaired) electrons. The van der Waals surface area contributed by atoms with Crippen molar-refractivity contribution >= 4 is 16.8 Å². The van der Waals surface area contributed by atoms with Crippen molar-refractivity contribution in [2.45, 2.75) is 13.0 Å². The van der Waals surface area contributed by atoms with Crippen molar-refractivity contribution in [3.63, 3.8) is 0 Å². The summed E-state index contributed by atoms with van der Waals surface area (Å²) in [6.45, 7) is 1.39. The van der Waals surface area contributed by atoms with E-state index in [1.54, 1.807) is 24.5 Å². The van der Waals surface area contributed by atoms with E-state index in [1.165, 1.54) is 0 Å². The molecule has 3 rings (SSSR count). The Bertz CT molecular complexity index is 736. The first-order valence-electron chi connectivity index (χ1n) is 6.93. The lowest BCUT2D eigenvalue weighted by molar-refractivity contribution is 0.0952. The van der Waals surface area contributed by atoms with E-state index < -0.39 is 0 Å². The second-order valence-corrected chi connectivity index (χ2v) is 4.78. The molecule has 0 aliphatic rings. The summed E-state index contributed by atoms with van der Waals surface area (Å²) >= 11 is 0. The Labute approximate surface area is 122 Å². The maximum atomic E-state index is 11.8. The number of carbonyl (C=O) groups excluding carboxylic acids is 1. The summed E-state index contributed by atoms with van der Waals surface area (Å²) in [6.07, 6.45) is 5.91. The summed E-state index contributed by atoms with van der Waals surface area (Å²) in [5, 5.41) is 8.39. The number of aromatic nitrogens is 3. The fourth-order valence-electron chi connectivity index (χ4n) is 2.23. The summed E-state index contributed by atoms with van der Waals surface area (Å²) in [5.41, 5.74) is 1.71. The van der Waals surface area contributed by atoms with Gasteiger partial charge in [-0.2, -0.15) is 5.10 Å². The van der Waals surface area contributed by atoms with Gasteiger partial charge in [-0.25, -0.2) is 0 Å². The van der Waals surface area contributed by atoms with Gasteiger partial charge >= 0.3 is 0 Å². The molecular weight excluding hydrogens is 264 g/mol. The maximum Gasteiger partial charge on any atom is 0.252 e. The number of rotatable bonds is 5. The van der Waals surface area contributed by atoms with Gasteiger partial charge in [0.25, 0.3) is 5.91 Å². The molecule has 2 aromatic heterocycles. The lowest BCUT2D eigenvalue weighted by Crippen LogP contribution is -2.25. The molecule has 5 heteroatoms. The number of nitrogens with zero attached hydrogens (tertiary/aromatic N) is 3. The van der Waals surface area contributed by atoms with E-state index in [1.807, 2.05) is 29.1 Å². The third-order valence-corrected chi connectivity index (χ3v) is 3.31. The molecular formula is C16H16N4O. The molecule has 5 nitrogen and oxygen atoms in total. The molecule has 3 aromatic rings. The van der Waals surface area contributed by atoms with Gasteiger partial charge in [-0.1, -0.05) is 18.2 Å². The molecule has 0 fully saturated rings. The van der Waals surface area contributed by atoms with Crippen LogP contribution in [0.1, 0.15) is 16.8 Å². The molecule has 0 aliphatic heterocycles. The number of para-hydroxylation sites is 1. The molecule has 1 N–H and O–H groups in total. The van der Waals surface area contributed by atoms with E-state index in [0.29, 0.717) is 12.1 Å². The van der Waals surface area contributed by atoms with Crippen LogP contribution in [0.15, 0.2) is 55.0 Å². The number of benzene rings is 1. The first kappa shape index (κ1) is 13.3. The minimum Gasteiger partial charge on any atom is -0.352 e. The van der Waals surface area contributed by atoms with Gasteiger partial charge in [0, 0.05) is 30.9 Å². The van der Waals surface area contributed by atoms with Crippen LogP contribution in [0.2, 0.25) is 0 Å². The Kier molecular flexibility index (Phi) is 3.91. The second kappa shape index (κ2) is 6.17. The summed E-state index contributed by atoms with van der Waals surface area (Å²) in [7, 11) is 0. The highest BCUT2D eigenvalue weighted by atomic mass is 16.1. The van der Waals surface area contributed by atoms with Crippen molar-refractivity contribution in [2.24, 2.45) is 0 Å². The highest BCUT2D eigenvalue weighted by molar-refractivity contribution is 5.93. The lowest BCUT2D eigenvalue weighted by atomic mass is 10.2. The van der Waals surface area contributed by atoms with Crippen LogP contribution >= 0.6 is 0 Å². The summed E-state index contributed by atoms with van der Waals surface area (Å²) < 4.78 is 1.96. The molecule has 0 spiro atoms. The Morgan fingerprint density at radius 1 is 1.14 bits per heavy atom. The highest BCUT2D eigenvalue weighted by Gasteiger charge is 2.04. The quantitative estimate of drug-likeness (QED) is 0.729. The average Bonchev–Trinajstić information content (AvgIpc) is 2.95. The Morgan fingerprint density at radius 3 is 2.90 bits per heavy atom. The standard InChI is InChI=1S/C16H16N4O/c21-16(14-6-3-8-17-11-14)18-9-4-10-20-15-7-2-1-5-13(15)12-19-20/h1-3,5-8,11-12H,4,9-10H2,(H,18,21). The fourth-order valence-corrected chi connectivity index (χ4v) is 2.23. The van der Waals surface area contributed by atoms with Crippen molar-refractivity contribution in [1.82, 2.24) is 20.1 Å². The molecule has 0 saturated carbocycles. The van der Waals surface area contributed by atoms with Crippen LogP contribution < -0.4 is 5.32 Å². The van der Waals surface area contributed by atoms with E-state index in [-0.39, 0.29) is 5.91 Å². The van der Waals surface area contributed by atoms with Crippen molar-refractivity contribution in [1.29, 1.82) is 0 Å². The second-order valence-electron chi connectivity index (χ2n) is 4.78. The number of hydrogen-bond acceptors (Lipinski definition) is 3. The maximum absolute atomic E-state index is 11.8. The largest absolute Gasteiger partial charge is 0.352 e. The smallest absolute Gasteiger partial charge is 0.252 e. The van der Waals surface area contributed by atoms with Crippen molar-refractivity contribution in [2.75, 3.05) is 6.54 Å². The zero-order valence-corrected chi connectivity index (χ0v) is 11.6.